The summed E-state index contributed by atoms with van der Waals surface area (Å²) in [7, 11) is 0. The summed E-state index contributed by atoms with van der Waals surface area (Å²) in [6, 6.07) is 76.1. The molecule has 11 aromatic rings. The summed E-state index contributed by atoms with van der Waals surface area (Å²) in [5, 5.41) is 2.17. The van der Waals surface area contributed by atoms with Crippen molar-refractivity contribution in [1.29, 1.82) is 0 Å². The molecule has 0 unspecified atom stereocenters. The monoisotopic (exact) mass is 805 g/mol. The fraction of sp³-hybridized carbons (Fsp3) is 0.0172. The number of aryl methyl sites for hydroxylation is 1. The lowest BCUT2D eigenvalue weighted by Gasteiger charge is -2.13. The lowest BCUT2D eigenvalue weighted by Crippen LogP contribution is -2.00. The maximum atomic E-state index is 5.27. The number of pyridine rings is 2. The molecule has 0 amide bonds. The summed E-state index contributed by atoms with van der Waals surface area (Å²) in [4.78, 5) is 25.3. The molecule has 5 nitrogen and oxygen atoms in total. The summed E-state index contributed by atoms with van der Waals surface area (Å²) in [5.41, 5.74) is 16.6. The lowest BCUT2D eigenvalue weighted by atomic mass is 9.95. The van der Waals surface area contributed by atoms with Gasteiger partial charge in [0.1, 0.15) is 0 Å². The molecular formula is C58H39N5. The third-order valence-corrected chi connectivity index (χ3v) is 11.6. The highest BCUT2D eigenvalue weighted by molar-refractivity contribution is 6.09. The van der Waals surface area contributed by atoms with Crippen molar-refractivity contribution < 1.29 is 0 Å². The number of benzene rings is 8. The van der Waals surface area contributed by atoms with Crippen LogP contribution in [0.4, 0.5) is 0 Å². The van der Waals surface area contributed by atoms with Crippen LogP contribution in [0.5, 0.6) is 0 Å². The standard InChI is InChI=1S/C58H39N5/c1-38-23-24-44-33-34-51-52(42-15-7-3-8-16-42)37-53(60-55(51)54(44)59-38)43-29-25-41(26-30-43)47-19-11-20-48(35-47)49-21-12-22-50(36-49)58-62-56(45-17-9-4-10-18-45)61-57(63-58)46-31-27-40(28-32-46)39-13-5-2-6-14-39/h2-37H,1H3. The first-order valence-electron chi connectivity index (χ1n) is 21.2. The smallest absolute Gasteiger partial charge is 0.164 e. The highest BCUT2D eigenvalue weighted by Crippen LogP contribution is 2.37. The van der Waals surface area contributed by atoms with Crippen LogP contribution in [0, 0.1) is 6.92 Å². The minimum atomic E-state index is 0.621. The molecule has 0 atom stereocenters. The molecule has 0 aliphatic rings. The van der Waals surface area contributed by atoms with E-state index >= 15 is 0 Å². The zero-order valence-electron chi connectivity index (χ0n) is 34.5. The van der Waals surface area contributed by atoms with Crippen LogP contribution in [-0.4, -0.2) is 24.9 Å². The summed E-state index contributed by atoms with van der Waals surface area (Å²) in [5.74, 6) is 1.88. The third-order valence-electron chi connectivity index (χ3n) is 11.6. The summed E-state index contributed by atoms with van der Waals surface area (Å²) < 4.78 is 0. The molecule has 0 aliphatic carbocycles. The number of fused-ring (bicyclic) bond motifs is 3. The van der Waals surface area contributed by atoms with Crippen LogP contribution < -0.4 is 0 Å². The molecule has 0 radical (unpaired) electrons. The number of hydrogen-bond donors (Lipinski definition) is 0. The van der Waals surface area contributed by atoms with Gasteiger partial charge in [0.25, 0.3) is 0 Å². The van der Waals surface area contributed by atoms with Crippen molar-refractivity contribution in [3.63, 3.8) is 0 Å². The van der Waals surface area contributed by atoms with Gasteiger partial charge in [-0.2, -0.15) is 0 Å². The van der Waals surface area contributed by atoms with Crippen LogP contribution in [0.2, 0.25) is 0 Å². The highest BCUT2D eigenvalue weighted by atomic mass is 15.0. The van der Waals surface area contributed by atoms with Crippen LogP contribution in [0.1, 0.15) is 5.69 Å². The number of aromatic nitrogens is 5. The van der Waals surface area contributed by atoms with Gasteiger partial charge in [-0.3, -0.25) is 4.98 Å². The first-order chi connectivity index (χ1) is 31.1. The van der Waals surface area contributed by atoms with Crippen LogP contribution in [0.25, 0.3) is 112 Å². The van der Waals surface area contributed by atoms with E-state index in [-0.39, 0.29) is 0 Å². The fourth-order valence-corrected chi connectivity index (χ4v) is 8.32. The average molecular weight is 806 g/mol. The minimum absolute atomic E-state index is 0.621. The van der Waals surface area contributed by atoms with E-state index in [1.54, 1.807) is 0 Å². The Kier molecular flexibility index (Phi) is 9.68. The molecule has 0 bridgehead atoms. The van der Waals surface area contributed by atoms with Gasteiger partial charge in [0.05, 0.1) is 16.7 Å². The Morgan fingerprint density at radius 2 is 0.698 bits per heavy atom. The van der Waals surface area contributed by atoms with Crippen LogP contribution >= 0.6 is 0 Å². The Labute approximate surface area is 366 Å². The Hall–Kier alpha value is -8.41. The molecule has 0 aliphatic heterocycles. The van der Waals surface area contributed by atoms with E-state index in [4.69, 9.17) is 24.9 Å². The zero-order valence-corrected chi connectivity index (χ0v) is 34.5. The van der Waals surface area contributed by atoms with Crippen molar-refractivity contribution in [1.82, 2.24) is 24.9 Å². The predicted octanol–water partition coefficient (Wildman–Crippen LogP) is 14.6. The van der Waals surface area contributed by atoms with Crippen molar-refractivity contribution in [3.8, 4) is 89.9 Å². The van der Waals surface area contributed by atoms with Gasteiger partial charge in [-0.1, -0.05) is 194 Å². The maximum Gasteiger partial charge on any atom is 0.164 e. The van der Waals surface area contributed by atoms with Crippen molar-refractivity contribution in [3.05, 3.63) is 224 Å². The first-order valence-corrected chi connectivity index (χ1v) is 21.2. The van der Waals surface area contributed by atoms with Crippen molar-refractivity contribution >= 4 is 21.8 Å². The van der Waals surface area contributed by atoms with E-state index in [0.717, 1.165) is 94.4 Å². The minimum Gasteiger partial charge on any atom is -0.251 e. The van der Waals surface area contributed by atoms with E-state index in [1.807, 2.05) is 43.3 Å². The zero-order chi connectivity index (χ0) is 42.1. The summed E-state index contributed by atoms with van der Waals surface area (Å²) in [6.45, 7) is 2.03. The predicted molar refractivity (Wildman–Crippen MR) is 259 cm³/mol. The molecule has 0 fully saturated rings. The van der Waals surface area contributed by atoms with Gasteiger partial charge in [0.2, 0.25) is 0 Å². The van der Waals surface area contributed by atoms with Gasteiger partial charge < -0.3 is 0 Å². The quantitative estimate of drug-likeness (QED) is 0.143. The lowest BCUT2D eigenvalue weighted by molar-refractivity contribution is 1.07. The fourth-order valence-electron chi connectivity index (χ4n) is 8.32. The van der Waals surface area contributed by atoms with Gasteiger partial charge in [-0.25, -0.2) is 19.9 Å². The van der Waals surface area contributed by atoms with Gasteiger partial charge in [0.15, 0.2) is 17.5 Å². The van der Waals surface area contributed by atoms with Crippen LogP contribution in [-0.2, 0) is 0 Å². The maximum absolute atomic E-state index is 5.27. The third kappa shape index (κ3) is 7.53. The van der Waals surface area contributed by atoms with Gasteiger partial charge in [0, 0.05) is 38.7 Å². The largest absolute Gasteiger partial charge is 0.251 e. The molecule has 3 aromatic heterocycles. The van der Waals surface area contributed by atoms with E-state index in [2.05, 4.69) is 182 Å². The van der Waals surface area contributed by atoms with Crippen LogP contribution in [0.3, 0.4) is 0 Å². The average Bonchev–Trinajstić information content (AvgIpc) is 3.37. The van der Waals surface area contributed by atoms with E-state index < -0.39 is 0 Å². The molecule has 11 rings (SSSR count). The molecule has 8 aromatic carbocycles. The molecule has 0 spiro atoms. The molecule has 296 valence electrons. The molecule has 3 heterocycles. The summed E-state index contributed by atoms with van der Waals surface area (Å²) >= 11 is 0. The second-order valence-corrected chi connectivity index (χ2v) is 15.8. The topological polar surface area (TPSA) is 64.5 Å². The normalized spacial score (nSPS) is 11.3. The highest BCUT2D eigenvalue weighted by Gasteiger charge is 2.16. The molecular weight excluding hydrogens is 767 g/mol. The second kappa shape index (κ2) is 16.2. The van der Waals surface area contributed by atoms with Crippen molar-refractivity contribution in [2.45, 2.75) is 6.92 Å². The van der Waals surface area contributed by atoms with Gasteiger partial charge in [-0.15, -0.1) is 0 Å². The number of nitrogens with zero attached hydrogens (tertiary/aromatic N) is 5. The molecule has 0 saturated heterocycles. The summed E-state index contributed by atoms with van der Waals surface area (Å²) in [6.07, 6.45) is 0. The second-order valence-electron chi connectivity index (χ2n) is 15.8. The van der Waals surface area contributed by atoms with Crippen molar-refractivity contribution in [2.24, 2.45) is 0 Å². The Morgan fingerprint density at radius 3 is 1.33 bits per heavy atom. The molecule has 0 N–H and O–H groups in total. The number of hydrogen-bond acceptors (Lipinski definition) is 5. The molecule has 0 saturated carbocycles. The number of rotatable bonds is 8. The van der Waals surface area contributed by atoms with Gasteiger partial charge >= 0.3 is 0 Å². The van der Waals surface area contributed by atoms with E-state index in [9.17, 15) is 0 Å². The Bertz CT molecular complexity index is 3420. The molecule has 63 heavy (non-hydrogen) atoms. The van der Waals surface area contributed by atoms with E-state index in [1.165, 1.54) is 5.56 Å². The van der Waals surface area contributed by atoms with Crippen LogP contribution in [0.15, 0.2) is 218 Å². The molecule has 5 heteroatoms. The van der Waals surface area contributed by atoms with E-state index in [0.29, 0.717) is 17.5 Å². The van der Waals surface area contributed by atoms with Crippen molar-refractivity contribution in [2.75, 3.05) is 0 Å². The Balaban J connectivity index is 0.928. The SMILES string of the molecule is Cc1ccc2ccc3c(-c4ccccc4)cc(-c4ccc(-c5cccc(-c6cccc(-c7nc(-c8ccccc8)nc(-c8ccc(-c9ccccc9)cc8)n7)c6)c5)cc4)nc3c2n1. The Morgan fingerprint density at radius 1 is 0.270 bits per heavy atom. The first kappa shape index (κ1) is 37.6. The van der Waals surface area contributed by atoms with Gasteiger partial charge in [-0.05, 0) is 75.7 Å².